The maximum Gasteiger partial charge on any atom is 0.277 e. The number of hydrogen-bond acceptors (Lipinski definition) is 9. The molecule has 2 aromatic carbocycles. The van der Waals surface area contributed by atoms with Crippen molar-refractivity contribution in [3.05, 3.63) is 105 Å². The monoisotopic (exact) mass is 482 g/mol. The number of benzene rings is 2. The van der Waals surface area contributed by atoms with Gasteiger partial charge in [0.25, 0.3) is 17.3 Å². The Balaban J connectivity index is 1.46. The Hall–Kier alpha value is -5.59. The molecule has 0 aliphatic rings. The molecule has 0 radical (unpaired) electrons. The van der Waals surface area contributed by atoms with Crippen molar-refractivity contribution in [1.29, 1.82) is 0 Å². The lowest BCUT2D eigenvalue weighted by atomic mass is 10.1. The molecular formula is C23H14N8O5. The highest BCUT2D eigenvalue weighted by Crippen LogP contribution is 2.26. The van der Waals surface area contributed by atoms with Crippen LogP contribution in [0.15, 0.2) is 79.1 Å². The fourth-order valence-corrected chi connectivity index (χ4v) is 3.52. The molecule has 0 saturated heterocycles. The van der Waals surface area contributed by atoms with Crippen LogP contribution in [-0.2, 0) is 0 Å². The van der Waals surface area contributed by atoms with Gasteiger partial charge in [0.1, 0.15) is 0 Å². The minimum Gasteiger partial charge on any atom is -0.322 e. The summed E-state index contributed by atoms with van der Waals surface area (Å²) in [6, 6.07) is 16.6. The molecule has 3 heterocycles. The predicted octanol–water partition coefficient (Wildman–Crippen LogP) is 3.92. The van der Waals surface area contributed by atoms with E-state index in [1.165, 1.54) is 0 Å². The largest absolute Gasteiger partial charge is 0.322 e. The molecule has 36 heavy (non-hydrogen) atoms. The van der Waals surface area contributed by atoms with Gasteiger partial charge in [-0.05, 0) is 36.4 Å². The average Bonchev–Trinajstić information content (AvgIpc) is 3.32. The molecule has 5 aromatic rings. The normalized spacial score (nSPS) is 10.8. The molecule has 0 unspecified atom stereocenters. The number of anilines is 1. The van der Waals surface area contributed by atoms with E-state index in [4.69, 9.17) is 0 Å². The standard InChI is InChI=1S/C23H14N8O5/c32-23(16-11-18(30(33)34)13-19(12-16)31(35)36)25-17-3-1-2-15(10-17)20-4-5-21-26-27-22(29(21)28-20)14-6-8-24-9-7-14/h1-13H,(H,25,32). The van der Waals surface area contributed by atoms with Crippen molar-refractivity contribution in [3.63, 3.8) is 0 Å². The number of non-ortho nitro benzene ring substituents is 2. The number of carbonyl (C=O) groups is 1. The molecular weight excluding hydrogens is 468 g/mol. The quantitative estimate of drug-likeness (QED) is 0.278. The van der Waals surface area contributed by atoms with E-state index in [2.05, 4.69) is 25.6 Å². The molecule has 3 aromatic heterocycles. The van der Waals surface area contributed by atoms with Crippen LogP contribution in [-0.4, -0.2) is 40.5 Å². The Labute approximate surface area is 201 Å². The first-order chi connectivity index (χ1) is 17.4. The number of nitro benzene ring substituents is 2. The van der Waals surface area contributed by atoms with Crippen molar-refractivity contribution in [2.75, 3.05) is 5.32 Å². The number of amides is 1. The lowest BCUT2D eigenvalue weighted by Gasteiger charge is -2.08. The van der Waals surface area contributed by atoms with Gasteiger partial charge in [0.15, 0.2) is 11.5 Å². The molecule has 176 valence electrons. The number of fused-ring (bicyclic) bond motifs is 1. The Morgan fingerprint density at radius 3 is 2.25 bits per heavy atom. The summed E-state index contributed by atoms with van der Waals surface area (Å²) in [5, 5.41) is 37.8. The zero-order valence-corrected chi connectivity index (χ0v) is 18.2. The van der Waals surface area contributed by atoms with E-state index in [9.17, 15) is 25.0 Å². The third-order valence-electron chi connectivity index (χ3n) is 5.20. The van der Waals surface area contributed by atoms with E-state index >= 15 is 0 Å². The van der Waals surface area contributed by atoms with Gasteiger partial charge >= 0.3 is 0 Å². The van der Waals surface area contributed by atoms with E-state index in [-0.39, 0.29) is 5.56 Å². The summed E-state index contributed by atoms with van der Waals surface area (Å²) >= 11 is 0. The minimum atomic E-state index is -0.794. The maximum absolute atomic E-state index is 12.8. The van der Waals surface area contributed by atoms with E-state index in [0.29, 0.717) is 28.4 Å². The molecule has 0 aliphatic carbocycles. The summed E-state index contributed by atoms with van der Waals surface area (Å²) < 4.78 is 1.60. The van der Waals surface area contributed by atoms with E-state index in [1.54, 1.807) is 65.4 Å². The van der Waals surface area contributed by atoms with Crippen LogP contribution >= 0.6 is 0 Å². The first kappa shape index (κ1) is 22.2. The number of nitro groups is 2. The van der Waals surface area contributed by atoms with Crippen molar-refractivity contribution in [2.45, 2.75) is 0 Å². The van der Waals surface area contributed by atoms with Gasteiger partial charge in [0.05, 0.1) is 27.2 Å². The Kier molecular flexibility index (Phi) is 5.54. The molecule has 0 fully saturated rings. The second-order valence-electron chi connectivity index (χ2n) is 7.54. The van der Waals surface area contributed by atoms with Crippen LogP contribution in [0.4, 0.5) is 17.1 Å². The van der Waals surface area contributed by atoms with Crippen molar-refractivity contribution in [1.82, 2.24) is 24.8 Å². The van der Waals surface area contributed by atoms with Gasteiger partial charge in [-0.15, -0.1) is 10.2 Å². The Morgan fingerprint density at radius 2 is 1.56 bits per heavy atom. The molecule has 1 amide bonds. The Morgan fingerprint density at radius 1 is 0.833 bits per heavy atom. The van der Waals surface area contributed by atoms with E-state index in [0.717, 1.165) is 23.8 Å². The van der Waals surface area contributed by atoms with Gasteiger partial charge in [-0.1, -0.05) is 12.1 Å². The van der Waals surface area contributed by atoms with Gasteiger partial charge in [0, 0.05) is 41.3 Å². The SMILES string of the molecule is O=C(Nc1cccc(-c2ccc3nnc(-c4ccncc4)n3n2)c1)c1cc([N+](=O)[O-])cc([N+](=O)[O-])c1. The van der Waals surface area contributed by atoms with Crippen molar-refractivity contribution in [3.8, 4) is 22.6 Å². The lowest BCUT2D eigenvalue weighted by Crippen LogP contribution is -2.12. The number of hydrogen-bond donors (Lipinski definition) is 1. The maximum atomic E-state index is 12.8. The number of carbonyl (C=O) groups excluding carboxylic acids is 1. The number of rotatable bonds is 6. The van der Waals surface area contributed by atoms with Crippen LogP contribution in [0.25, 0.3) is 28.3 Å². The molecule has 13 nitrogen and oxygen atoms in total. The molecule has 0 bridgehead atoms. The van der Waals surface area contributed by atoms with Crippen LogP contribution in [0.5, 0.6) is 0 Å². The molecule has 0 saturated carbocycles. The number of aromatic nitrogens is 5. The number of nitrogens with zero attached hydrogens (tertiary/aromatic N) is 7. The van der Waals surface area contributed by atoms with Crippen LogP contribution in [0.3, 0.4) is 0 Å². The Bertz CT molecular complexity index is 1620. The summed E-state index contributed by atoms with van der Waals surface area (Å²) in [4.78, 5) is 37.4. The highest BCUT2D eigenvalue weighted by Gasteiger charge is 2.20. The second-order valence-corrected chi connectivity index (χ2v) is 7.54. The first-order valence-corrected chi connectivity index (χ1v) is 10.4. The highest BCUT2D eigenvalue weighted by molar-refractivity contribution is 6.05. The van der Waals surface area contributed by atoms with Crippen molar-refractivity contribution >= 4 is 28.6 Å². The summed E-state index contributed by atoms with van der Waals surface area (Å²) in [6.07, 6.45) is 3.28. The summed E-state index contributed by atoms with van der Waals surface area (Å²) in [7, 11) is 0. The molecule has 0 spiro atoms. The number of pyridine rings is 1. The third-order valence-corrected chi connectivity index (χ3v) is 5.20. The zero-order chi connectivity index (χ0) is 25.2. The van der Waals surface area contributed by atoms with E-state index < -0.39 is 27.1 Å². The predicted molar refractivity (Wildman–Crippen MR) is 127 cm³/mol. The van der Waals surface area contributed by atoms with Gasteiger partial charge in [0.2, 0.25) is 0 Å². The van der Waals surface area contributed by atoms with Crippen LogP contribution < -0.4 is 5.32 Å². The third kappa shape index (κ3) is 4.31. The minimum absolute atomic E-state index is 0.215. The van der Waals surface area contributed by atoms with Crippen LogP contribution in [0, 0.1) is 20.2 Å². The molecule has 0 atom stereocenters. The topological polar surface area (TPSA) is 171 Å². The molecule has 0 aliphatic heterocycles. The van der Waals surface area contributed by atoms with Crippen LogP contribution in [0.1, 0.15) is 10.4 Å². The summed E-state index contributed by atoms with van der Waals surface area (Å²) in [6.45, 7) is 0. The average molecular weight is 482 g/mol. The van der Waals surface area contributed by atoms with Gasteiger partial charge in [-0.25, -0.2) is 0 Å². The van der Waals surface area contributed by atoms with Gasteiger partial charge in [-0.3, -0.25) is 30.0 Å². The number of nitrogens with one attached hydrogen (secondary N) is 1. The summed E-state index contributed by atoms with van der Waals surface area (Å²) in [5.41, 5.74) is 1.60. The molecule has 5 rings (SSSR count). The first-order valence-electron chi connectivity index (χ1n) is 10.4. The lowest BCUT2D eigenvalue weighted by molar-refractivity contribution is -0.394. The molecule has 13 heteroatoms. The molecule has 1 N–H and O–H groups in total. The van der Waals surface area contributed by atoms with Crippen molar-refractivity contribution < 1.29 is 14.6 Å². The fourth-order valence-electron chi connectivity index (χ4n) is 3.52. The van der Waals surface area contributed by atoms with Gasteiger partial charge < -0.3 is 5.32 Å². The fraction of sp³-hybridized carbons (Fsp3) is 0. The van der Waals surface area contributed by atoms with Crippen LogP contribution in [0.2, 0.25) is 0 Å². The summed E-state index contributed by atoms with van der Waals surface area (Å²) in [5.74, 6) is -0.202. The van der Waals surface area contributed by atoms with E-state index in [1.807, 2.05) is 0 Å². The highest BCUT2D eigenvalue weighted by atomic mass is 16.6. The zero-order valence-electron chi connectivity index (χ0n) is 18.2. The van der Waals surface area contributed by atoms with Gasteiger partial charge in [-0.2, -0.15) is 9.61 Å². The smallest absolute Gasteiger partial charge is 0.277 e. The second kappa shape index (κ2) is 8.98. The van der Waals surface area contributed by atoms with Crippen molar-refractivity contribution in [2.24, 2.45) is 0 Å².